The molecular weight excluding hydrogens is 86.1 g/mol. The molecule has 1 heteroatoms. The van der Waals surface area contributed by atoms with E-state index in [0.717, 1.165) is 0 Å². The third kappa shape index (κ3) is 5.70. The first-order valence-corrected chi connectivity index (χ1v) is 2.53. The first-order valence-electron chi connectivity index (χ1n) is 2.53. The molecule has 0 spiro atoms. The maximum Gasteiger partial charge on any atom is 0.0197 e. The predicted molar refractivity (Wildman–Crippen MR) is 33.1 cm³/mol. The van der Waals surface area contributed by atoms with Gasteiger partial charge in [-0.1, -0.05) is 11.6 Å². The molecule has 0 saturated carbocycles. The van der Waals surface area contributed by atoms with E-state index in [2.05, 4.69) is 0 Å². The second-order valence-corrected chi connectivity index (χ2v) is 2.10. The largest absolute Gasteiger partial charge is 0.325 e. The molecule has 0 aromatic rings. The summed E-state index contributed by atoms with van der Waals surface area (Å²) >= 11 is 0. The van der Waals surface area contributed by atoms with Gasteiger partial charge in [-0.3, -0.25) is 0 Å². The Balaban J connectivity index is 3.45. The van der Waals surface area contributed by atoms with Crippen LogP contribution in [0.4, 0.5) is 0 Å². The predicted octanol–water partition coefficient (Wildman–Crippen LogP) is 1.30. The van der Waals surface area contributed by atoms with Crippen LogP contribution in [0, 0.1) is 0 Å². The Bertz CT molecular complexity index is 68.2. The van der Waals surface area contributed by atoms with Crippen molar-refractivity contribution < 1.29 is 0 Å². The van der Waals surface area contributed by atoms with E-state index >= 15 is 0 Å². The number of hydrogen-bond donors (Lipinski definition) is 1. The van der Waals surface area contributed by atoms with Gasteiger partial charge < -0.3 is 5.73 Å². The number of rotatable bonds is 1. The molecule has 42 valence electrons. The molecule has 0 bridgehead atoms. The summed E-state index contributed by atoms with van der Waals surface area (Å²) in [7, 11) is 0. The molecule has 1 nitrogen and oxygen atoms in total. The lowest BCUT2D eigenvalue weighted by molar-refractivity contribution is 0.914. The standard InChI is InChI=1S/C6H13N/c1-5(2)4-6(3)7/h4,6H,7H2,1-3H3. The lowest BCUT2D eigenvalue weighted by Gasteiger charge is -1.93. The summed E-state index contributed by atoms with van der Waals surface area (Å²) in [6.07, 6.45) is 2.03. The minimum absolute atomic E-state index is 0.213. The van der Waals surface area contributed by atoms with Crippen molar-refractivity contribution in [2.45, 2.75) is 26.8 Å². The average molecular weight is 99.2 g/mol. The average Bonchev–Trinajstić information content (AvgIpc) is 1.27. The molecule has 0 saturated heterocycles. The normalized spacial score (nSPS) is 13.1. The summed E-state index contributed by atoms with van der Waals surface area (Å²) in [5.41, 5.74) is 6.70. The molecule has 1 unspecified atom stereocenters. The molecule has 0 aliphatic carbocycles. The molecule has 0 fully saturated rings. The molecule has 0 aromatic carbocycles. The van der Waals surface area contributed by atoms with Gasteiger partial charge in [-0.05, 0) is 20.8 Å². The first kappa shape index (κ1) is 6.70. The molecule has 0 radical (unpaired) electrons. The van der Waals surface area contributed by atoms with Crippen LogP contribution in [0.25, 0.3) is 0 Å². The summed E-state index contributed by atoms with van der Waals surface area (Å²) in [6.45, 7) is 6.06. The molecule has 0 aliphatic heterocycles. The highest BCUT2D eigenvalue weighted by molar-refractivity contribution is 4.97. The van der Waals surface area contributed by atoms with Gasteiger partial charge in [0.2, 0.25) is 0 Å². The molecule has 7 heavy (non-hydrogen) atoms. The molecular formula is C6H13N. The van der Waals surface area contributed by atoms with E-state index in [1.165, 1.54) is 5.57 Å². The minimum atomic E-state index is 0.213. The third-order valence-corrected chi connectivity index (χ3v) is 0.596. The van der Waals surface area contributed by atoms with Crippen LogP contribution in [-0.4, -0.2) is 6.04 Å². The quantitative estimate of drug-likeness (QED) is 0.493. The second-order valence-electron chi connectivity index (χ2n) is 2.10. The summed E-state index contributed by atoms with van der Waals surface area (Å²) in [5, 5.41) is 0. The number of nitrogens with two attached hydrogens (primary N) is 1. The Morgan fingerprint density at radius 1 is 1.57 bits per heavy atom. The van der Waals surface area contributed by atoms with Gasteiger partial charge >= 0.3 is 0 Å². The van der Waals surface area contributed by atoms with Crippen LogP contribution in [0.2, 0.25) is 0 Å². The lowest BCUT2D eigenvalue weighted by atomic mass is 10.2. The van der Waals surface area contributed by atoms with Crippen molar-refractivity contribution in [1.29, 1.82) is 0 Å². The van der Waals surface area contributed by atoms with Gasteiger partial charge in [0, 0.05) is 6.04 Å². The van der Waals surface area contributed by atoms with Crippen molar-refractivity contribution in [3.8, 4) is 0 Å². The van der Waals surface area contributed by atoms with Crippen LogP contribution in [0.5, 0.6) is 0 Å². The van der Waals surface area contributed by atoms with E-state index in [9.17, 15) is 0 Å². The zero-order chi connectivity index (χ0) is 5.86. The fourth-order valence-electron chi connectivity index (χ4n) is 0.526. The maximum atomic E-state index is 5.42. The topological polar surface area (TPSA) is 26.0 Å². The summed E-state index contributed by atoms with van der Waals surface area (Å²) < 4.78 is 0. The van der Waals surface area contributed by atoms with Crippen molar-refractivity contribution in [2.75, 3.05) is 0 Å². The van der Waals surface area contributed by atoms with E-state index in [4.69, 9.17) is 5.73 Å². The zero-order valence-electron chi connectivity index (χ0n) is 5.23. The first-order chi connectivity index (χ1) is 3.13. The van der Waals surface area contributed by atoms with Crippen molar-refractivity contribution in [3.05, 3.63) is 11.6 Å². The fraction of sp³-hybridized carbons (Fsp3) is 0.667. The van der Waals surface area contributed by atoms with Crippen molar-refractivity contribution in [1.82, 2.24) is 0 Å². The summed E-state index contributed by atoms with van der Waals surface area (Å²) in [6, 6.07) is 0.213. The Labute approximate surface area is 45.2 Å². The second kappa shape index (κ2) is 2.80. The molecule has 0 rings (SSSR count). The Morgan fingerprint density at radius 2 is 2.00 bits per heavy atom. The fourth-order valence-corrected chi connectivity index (χ4v) is 0.526. The highest BCUT2D eigenvalue weighted by Crippen LogP contribution is 1.88. The van der Waals surface area contributed by atoms with Crippen LogP contribution in [0.1, 0.15) is 20.8 Å². The van der Waals surface area contributed by atoms with Gasteiger partial charge in [-0.15, -0.1) is 0 Å². The molecule has 1 atom stereocenters. The van der Waals surface area contributed by atoms with Gasteiger partial charge in [0.15, 0.2) is 0 Å². The zero-order valence-corrected chi connectivity index (χ0v) is 5.23. The number of hydrogen-bond acceptors (Lipinski definition) is 1. The highest BCUT2D eigenvalue weighted by Gasteiger charge is 1.82. The maximum absolute atomic E-state index is 5.42. The van der Waals surface area contributed by atoms with E-state index in [-0.39, 0.29) is 6.04 Å². The van der Waals surface area contributed by atoms with Crippen LogP contribution in [0.3, 0.4) is 0 Å². The summed E-state index contributed by atoms with van der Waals surface area (Å²) in [4.78, 5) is 0. The van der Waals surface area contributed by atoms with Gasteiger partial charge in [0.1, 0.15) is 0 Å². The van der Waals surface area contributed by atoms with E-state index in [0.29, 0.717) is 0 Å². The molecule has 0 aromatic heterocycles. The number of allylic oxidation sites excluding steroid dienone is 1. The van der Waals surface area contributed by atoms with Crippen LogP contribution in [-0.2, 0) is 0 Å². The lowest BCUT2D eigenvalue weighted by Crippen LogP contribution is -2.10. The minimum Gasteiger partial charge on any atom is -0.325 e. The summed E-state index contributed by atoms with van der Waals surface area (Å²) in [5.74, 6) is 0. The van der Waals surface area contributed by atoms with Crippen molar-refractivity contribution in [2.24, 2.45) is 5.73 Å². The van der Waals surface area contributed by atoms with Crippen LogP contribution in [0.15, 0.2) is 11.6 Å². The third-order valence-electron chi connectivity index (χ3n) is 0.596. The van der Waals surface area contributed by atoms with Crippen LogP contribution >= 0.6 is 0 Å². The molecule has 0 amide bonds. The highest BCUT2D eigenvalue weighted by atomic mass is 14.6. The Hall–Kier alpha value is -0.300. The van der Waals surface area contributed by atoms with E-state index < -0.39 is 0 Å². The molecule has 0 aliphatic rings. The van der Waals surface area contributed by atoms with Gasteiger partial charge in [0.25, 0.3) is 0 Å². The van der Waals surface area contributed by atoms with Crippen molar-refractivity contribution in [3.63, 3.8) is 0 Å². The molecule has 0 heterocycles. The Kier molecular flexibility index (Phi) is 2.68. The van der Waals surface area contributed by atoms with Gasteiger partial charge in [0.05, 0.1) is 0 Å². The van der Waals surface area contributed by atoms with Gasteiger partial charge in [-0.2, -0.15) is 0 Å². The van der Waals surface area contributed by atoms with E-state index in [1.54, 1.807) is 0 Å². The van der Waals surface area contributed by atoms with Gasteiger partial charge in [-0.25, -0.2) is 0 Å². The smallest absolute Gasteiger partial charge is 0.0197 e. The Morgan fingerprint density at radius 3 is 2.00 bits per heavy atom. The van der Waals surface area contributed by atoms with Crippen molar-refractivity contribution >= 4 is 0 Å². The SMILES string of the molecule is CC(C)=CC(C)N. The monoisotopic (exact) mass is 99.1 g/mol. The van der Waals surface area contributed by atoms with Crippen LogP contribution < -0.4 is 5.73 Å². The molecule has 2 N–H and O–H groups in total. The van der Waals surface area contributed by atoms with E-state index in [1.807, 2.05) is 26.8 Å².